The van der Waals surface area contributed by atoms with Crippen LogP contribution in [0.4, 0.5) is 0 Å². The lowest BCUT2D eigenvalue weighted by Crippen LogP contribution is -2.39. The summed E-state index contributed by atoms with van der Waals surface area (Å²) < 4.78 is 24.8. The first kappa shape index (κ1) is 20.6. The minimum Gasteiger partial charge on any atom is -0.342 e. The summed E-state index contributed by atoms with van der Waals surface area (Å²) >= 11 is 0. The van der Waals surface area contributed by atoms with Gasteiger partial charge in [-0.2, -0.15) is 0 Å². The Morgan fingerprint density at radius 1 is 1.20 bits per heavy atom. The van der Waals surface area contributed by atoms with Crippen LogP contribution in [0.1, 0.15) is 40.5 Å². The third-order valence-corrected chi connectivity index (χ3v) is 6.21. The monoisotopic (exact) mass is 426 g/mol. The number of nitrogens with one attached hydrogen (secondary N) is 2. The molecule has 8 heteroatoms. The number of nitrogens with zero attached hydrogens (tertiary/aromatic N) is 2. The van der Waals surface area contributed by atoms with Crippen LogP contribution in [0.15, 0.2) is 48.5 Å². The second-order valence-electron chi connectivity index (χ2n) is 7.84. The number of amides is 1. The summed E-state index contributed by atoms with van der Waals surface area (Å²) in [7, 11) is -3.19. The van der Waals surface area contributed by atoms with Gasteiger partial charge in [0.1, 0.15) is 5.82 Å². The minimum absolute atomic E-state index is 0.0247. The second kappa shape index (κ2) is 8.57. The zero-order valence-corrected chi connectivity index (χ0v) is 17.8. The van der Waals surface area contributed by atoms with E-state index in [4.69, 9.17) is 4.98 Å². The van der Waals surface area contributed by atoms with E-state index in [0.717, 1.165) is 48.1 Å². The van der Waals surface area contributed by atoms with Gasteiger partial charge < -0.3 is 9.88 Å². The molecule has 30 heavy (non-hydrogen) atoms. The van der Waals surface area contributed by atoms with E-state index in [2.05, 4.69) is 9.71 Å². The molecule has 0 unspecified atom stereocenters. The molecule has 1 saturated heterocycles. The molecule has 7 nitrogen and oxygen atoms in total. The predicted molar refractivity (Wildman–Crippen MR) is 117 cm³/mol. The highest BCUT2D eigenvalue weighted by atomic mass is 32.2. The number of likely N-dealkylation sites (tertiary alicyclic amines) is 1. The first-order chi connectivity index (χ1) is 14.4. The smallest absolute Gasteiger partial charge is 0.253 e. The van der Waals surface area contributed by atoms with Gasteiger partial charge in [-0.25, -0.2) is 18.1 Å². The van der Waals surface area contributed by atoms with E-state index in [1.165, 1.54) is 0 Å². The topological polar surface area (TPSA) is 95.2 Å². The molecule has 1 aromatic heterocycles. The van der Waals surface area contributed by atoms with E-state index in [0.29, 0.717) is 25.1 Å². The van der Waals surface area contributed by atoms with Gasteiger partial charge in [-0.15, -0.1) is 0 Å². The quantitative estimate of drug-likeness (QED) is 0.634. The van der Waals surface area contributed by atoms with Gasteiger partial charge in [0.15, 0.2) is 0 Å². The van der Waals surface area contributed by atoms with Gasteiger partial charge in [-0.05, 0) is 49.1 Å². The molecule has 2 aromatic carbocycles. The largest absolute Gasteiger partial charge is 0.342 e. The maximum Gasteiger partial charge on any atom is 0.253 e. The number of carbonyl (C=O) groups is 1. The highest BCUT2D eigenvalue weighted by molar-refractivity contribution is 7.88. The molecule has 3 aromatic rings. The fraction of sp³-hybridized carbons (Fsp3) is 0.364. The average molecular weight is 427 g/mol. The van der Waals surface area contributed by atoms with Gasteiger partial charge in [0, 0.05) is 31.1 Å². The molecular formula is C22H26N4O3S. The van der Waals surface area contributed by atoms with Crippen molar-refractivity contribution in [1.29, 1.82) is 0 Å². The highest BCUT2D eigenvalue weighted by Gasteiger charge is 2.27. The van der Waals surface area contributed by atoms with Crippen molar-refractivity contribution >= 4 is 27.0 Å². The summed E-state index contributed by atoms with van der Waals surface area (Å²) in [5, 5.41) is 0. The third-order valence-electron chi connectivity index (χ3n) is 5.48. The molecule has 0 saturated carbocycles. The zero-order chi connectivity index (χ0) is 21.1. The normalized spacial score (nSPS) is 17.4. The zero-order valence-electron chi connectivity index (χ0n) is 17.0. The first-order valence-corrected chi connectivity index (χ1v) is 12.1. The van der Waals surface area contributed by atoms with E-state index < -0.39 is 10.0 Å². The number of aromatic nitrogens is 2. The number of fused-ring (bicyclic) bond motifs is 1. The number of imidazole rings is 1. The van der Waals surface area contributed by atoms with Crippen molar-refractivity contribution in [2.24, 2.45) is 0 Å². The number of sulfonamides is 1. The van der Waals surface area contributed by atoms with Crippen LogP contribution < -0.4 is 4.72 Å². The van der Waals surface area contributed by atoms with Crippen LogP contribution in [0.25, 0.3) is 11.0 Å². The van der Waals surface area contributed by atoms with Gasteiger partial charge in [0.25, 0.3) is 5.91 Å². The number of H-pyrrole nitrogens is 1. The highest BCUT2D eigenvalue weighted by Crippen LogP contribution is 2.27. The third kappa shape index (κ3) is 4.88. The summed E-state index contributed by atoms with van der Waals surface area (Å²) in [6, 6.07) is 15.4. The number of rotatable bonds is 6. The standard InChI is InChI=1S/C22H26N4O3S/c1-30(28,29)23-13-12-16-8-10-17(11-9-16)22(27)26-14-4-5-18(15-26)21-24-19-6-2-3-7-20(19)25-21/h2-3,6-11,18,23H,4-5,12-15H2,1H3,(H,24,25)/t18-/m0/s1. The van der Waals surface area contributed by atoms with Gasteiger partial charge in [-0.1, -0.05) is 24.3 Å². The van der Waals surface area contributed by atoms with Crippen molar-refractivity contribution in [1.82, 2.24) is 19.6 Å². The number of carbonyl (C=O) groups excluding carboxylic acids is 1. The van der Waals surface area contributed by atoms with E-state index in [1.54, 1.807) is 0 Å². The Labute approximate surface area is 176 Å². The van der Waals surface area contributed by atoms with Crippen molar-refractivity contribution in [3.8, 4) is 0 Å². The Bertz CT molecular complexity index is 1110. The summed E-state index contributed by atoms with van der Waals surface area (Å²) in [5.74, 6) is 1.18. The molecular weight excluding hydrogens is 400 g/mol. The molecule has 1 fully saturated rings. The van der Waals surface area contributed by atoms with E-state index >= 15 is 0 Å². The second-order valence-corrected chi connectivity index (χ2v) is 9.68. The molecule has 2 N–H and O–H groups in total. The molecule has 4 rings (SSSR count). The Hall–Kier alpha value is -2.71. The van der Waals surface area contributed by atoms with Crippen molar-refractivity contribution in [3.63, 3.8) is 0 Å². The van der Waals surface area contributed by atoms with Crippen LogP contribution >= 0.6 is 0 Å². The van der Waals surface area contributed by atoms with E-state index in [-0.39, 0.29) is 11.8 Å². The van der Waals surface area contributed by atoms with Gasteiger partial charge in [0.05, 0.1) is 17.3 Å². The molecule has 1 amide bonds. The van der Waals surface area contributed by atoms with Crippen LogP contribution in [0.5, 0.6) is 0 Å². The number of aromatic amines is 1. The molecule has 1 aliphatic heterocycles. The molecule has 158 valence electrons. The fourth-order valence-corrected chi connectivity index (χ4v) is 4.40. The molecule has 1 aliphatic rings. The molecule has 0 spiro atoms. The number of hydrogen-bond acceptors (Lipinski definition) is 4. The Balaban J connectivity index is 1.40. The number of piperidine rings is 1. The predicted octanol–water partition coefficient (Wildman–Crippen LogP) is 2.67. The Morgan fingerprint density at radius 3 is 2.70 bits per heavy atom. The molecule has 0 aliphatic carbocycles. The maximum absolute atomic E-state index is 13.0. The molecule has 0 bridgehead atoms. The molecule has 0 radical (unpaired) electrons. The molecule has 1 atom stereocenters. The van der Waals surface area contributed by atoms with Crippen LogP contribution in [0, 0.1) is 0 Å². The van der Waals surface area contributed by atoms with Crippen LogP contribution in [-0.2, 0) is 16.4 Å². The van der Waals surface area contributed by atoms with Crippen LogP contribution in [0.2, 0.25) is 0 Å². The average Bonchev–Trinajstić information content (AvgIpc) is 3.17. The maximum atomic E-state index is 13.0. The number of benzene rings is 2. The number of hydrogen-bond donors (Lipinski definition) is 2. The first-order valence-electron chi connectivity index (χ1n) is 10.2. The lowest BCUT2D eigenvalue weighted by Gasteiger charge is -2.32. The van der Waals surface area contributed by atoms with Crippen molar-refractivity contribution in [3.05, 3.63) is 65.5 Å². The van der Waals surface area contributed by atoms with Crippen molar-refractivity contribution < 1.29 is 13.2 Å². The SMILES string of the molecule is CS(=O)(=O)NCCc1ccc(C(=O)N2CCC[C@H](c3nc4ccccc4[nH]3)C2)cc1. The minimum atomic E-state index is -3.19. The van der Waals surface area contributed by atoms with E-state index in [1.807, 2.05) is 53.4 Å². The van der Waals surface area contributed by atoms with Crippen LogP contribution in [-0.4, -0.2) is 55.1 Å². The van der Waals surface area contributed by atoms with Gasteiger partial charge >= 0.3 is 0 Å². The van der Waals surface area contributed by atoms with E-state index in [9.17, 15) is 13.2 Å². The summed E-state index contributed by atoms with van der Waals surface area (Å²) in [6.45, 7) is 1.74. The van der Waals surface area contributed by atoms with Crippen molar-refractivity contribution in [2.75, 3.05) is 25.9 Å². The van der Waals surface area contributed by atoms with Crippen LogP contribution in [0.3, 0.4) is 0 Å². The van der Waals surface area contributed by atoms with Crippen molar-refractivity contribution in [2.45, 2.75) is 25.2 Å². The van der Waals surface area contributed by atoms with Gasteiger partial charge in [0.2, 0.25) is 10.0 Å². The molecule has 2 heterocycles. The Kier molecular flexibility index (Phi) is 5.87. The fourth-order valence-electron chi connectivity index (χ4n) is 3.93. The lowest BCUT2D eigenvalue weighted by molar-refractivity contribution is 0.0705. The summed E-state index contributed by atoms with van der Waals surface area (Å²) in [5.41, 5.74) is 3.62. The lowest BCUT2D eigenvalue weighted by atomic mass is 9.96. The number of para-hydroxylation sites is 2. The Morgan fingerprint density at radius 2 is 1.97 bits per heavy atom. The summed E-state index contributed by atoms with van der Waals surface area (Å²) in [6.07, 6.45) is 3.68. The summed E-state index contributed by atoms with van der Waals surface area (Å²) in [4.78, 5) is 23.0. The van der Waals surface area contributed by atoms with Gasteiger partial charge in [-0.3, -0.25) is 4.79 Å².